The molecule has 1 aliphatic rings. The van der Waals surface area contributed by atoms with Crippen LogP contribution in [0.5, 0.6) is 5.75 Å². The summed E-state index contributed by atoms with van der Waals surface area (Å²) in [5.74, 6) is 0.0352. The third-order valence-electron chi connectivity index (χ3n) is 5.61. The second kappa shape index (κ2) is 8.71. The van der Waals surface area contributed by atoms with Gasteiger partial charge in [-0.05, 0) is 80.8 Å². The van der Waals surface area contributed by atoms with Crippen molar-refractivity contribution in [3.63, 3.8) is 0 Å². The number of anilines is 2. The van der Waals surface area contributed by atoms with Gasteiger partial charge in [-0.15, -0.1) is 0 Å². The summed E-state index contributed by atoms with van der Waals surface area (Å²) in [5.41, 5.74) is 5.85. The van der Waals surface area contributed by atoms with Crippen LogP contribution in [0.2, 0.25) is 0 Å². The highest BCUT2D eigenvalue weighted by Gasteiger charge is 2.40. The fourth-order valence-electron chi connectivity index (χ4n) is 3.68. The van der Waals surface area contributed by atoms with E-state index in [1.807, 2.05) is 82.3 Å². The van der Waals surface area contributed by atoms with Gasteiger partial charge in [-0.3, -0.25) is 9.59 Å². The number of nitrogens with one attached hydrogen (secondary N) is 1. The molecule has 0 saturated carbocycles. The minimum atomic E-state index is -0.374. The first kappa shape index (κ1) is 21.4. The number of imide groups is 1. The van der Waals surface area contributed by atoms with E-state index in [2.05, 4.69) is 5.32 Å². The van der Waals surface area contributed by atoms with E-state index in [9.17, 15) is 9.59 Å². The Morgan fingerprint density at radius 1 is 0.812 bits per heavy atom. The molecule has 0 bridgehead atoms. The number of benzene rings is 3. The molecule has 4 rings (SSSR count). The van der Waals surface area contributed by atoms with Crippen LogP contribution in [-0.4, -0.2) is 18.4 Å². The molecule has 0 aromatic heterocycles. The highest BCUT2D eigenvalue weighted by Crippen LogP contribution is 2.34. The molecular weight excluding hydrogens is 400 g/mol. The highest BCUT2D eigenvalue weighted by atomic mass is 16.5. The number of aryl methyl sites for hydroxylation is 3. The van der Waals surface area contributed by atoms with E-state index in [1.54, 1.807) is 12.1 Å². The van der Waals surface area contributed by atoms with Gasteiger partial charge in [0.25, 0.3) is 11.8 Å². The van der Waals surface area contributed by atoms with Gasteiger partial charge in [-0.1, -0.05) is 35.9 Å². The smallest absolute Gasteiger partial charge is 0.282 e. The zero-order valence-corrected chi connectivity index (χ0v) is 18.7. The van der Waals surface area contributed by atoms with Gasteiger partial charge in [0.2, 0.25) is 0 Å². The summed E-state index contributed by atoms with van der Waals surface area (Å²) in [6.45, 7) is 8.49. The Kier molecular flexibility index (Phi) is 5.82. The zero-order valence-electron chi connectivity index (χ0n) is 18.7. The lowest BCUT2D eigenvalue weighted by Crippen LogP contribution is -2.32. The van der Waals surface area contributed by atoms with Gasteiger partial charge < -0.3 is 10.1 Å². The summed E-state index contributed by atoms with van der Waals surface area (Å²) in [6.07, 6.45) is 0. The van der Waals surface area contributed by atoms with Crippen LogP contribution < -0.4 is 15.0 Å². The van der Waals surface area contributed by atoms with Crippen LogP contribution in [0.15, 0.2) is 72.4 Å². The van der Waals surface area contributed by atoms with Gasteiger partial charge in [0.05, 0.1) is 17.9 Å². The Labute approximate surface area is 188 Å². The molecule has 0 saturated heterocycles. The lowest BCUT2D eigenvalue weighted by Gasteiger charge is -2.15. The molecule has 3 aromatic carbocycles. The van der Waals surface area contributed by atoms with Gasteiger partial charge in [-0.2, -0.15) is 0 Å². The Morgan fingerprint density at radius 3 is 2.12 bits per heavy atom. The minimum Gasteiger partial charge on any atom is -0.494 e. The number of carbonyl (C=O) groups is 2. The molecule has 5 nitrogen and oxygen atoms in total. The molecule has 0 radical (unpaired) electrons. The standard InChI is InChI=1S/C27H26N2O3/c1-5-32-23-14-10-21(11-15-23)28-25-24(20-9-8-18(3)19(4)16-20)26(30)29(27(25)31)22-12-6-17(2)7-13-22/h6-16,28H,5H2,1-4H3. The monoisotopic (exact) mass is 426 g/mol. The Balaban J connectivity index is 1.78. The van der Waals surface area contributed by atoms with Crippen LogP contribution in [-0.2, 0) is 9.59 Å². The van der Waals surface area contributed by atoms with Gasteiger partial charge in [0.1, 0.15) is 11.4 Å². The molecule has 1 heterocycles. The average Bonchev–Trinajstić information content (AvgIpc) is 3.02. The van der Waals surface area contributed by atoms with Crippen molar-refractivity contribution in [2.45, 2.75) is 27.7 Å². The van der Waals surface area contributed by atoms with Crippen molar-refractivity contribution in [1.29, 1.82) is 0 Å². The maximum Gasteiger partial charge on any atom is 0.282 e. The Morgan fingerprint density at radius 2 is 1.50 bits per heavy atom. The Bertz CT molecular complexity index is 1210. The van der Waals surface area contributed by atoms with E-state index in [0.717, 1.165) is 28.0 Å². The maximum absolute atomic E-state index is 13.5. The first-order chi connectivity index (χ1) is 15.4. The normalized spacial score (nSPS) is 13.7. The maximum atomic E-state index is 13.5. The van der Waals surface area contributed by atoms with Crippen LogP contribution >= 0.6 is 0 Å². The third kappa shape index (κ3) is 4.02. The molecule has 32 heavy (non-hydrogen) atoms. The van der Waals surface area contributed by atoms with Crippen molar-refractivity contribution in [3.05, 3.63) is 94.7 Å². The SMILES string of the molecule is CCOc1ccc(NC2=C(c3ccc(C)c(C)c3)C(=O)N(c3ccc(C)cc3)C2=O)cc1. The number of hydrogen-bond donors (Lipinski definition) is 1. The van der Waals surface area contributed by atoms with Crippen molar-refractivity contribution < 1.29 is 14.3 Å². The fourth-order valence-corrected chi connectivity index (χ4v) is 3.68. The first-order valence-electron chi connectivity index (χ1n) is 10.7. The summed E-state index contributed by atoms with van der Waals surface area (Å²) in [6, 6.07) is 20.5. The van der Waals surface area contributed by atoms with E-state index < -0.39 is 0 Å². The van der Waals surface area contributed by atoms with E-state index in [0.29, 0.717) is 23.6 Å². The molecule has 0 unspecified atom stereocenters. The molecule has 1 N–H and O–H groups in total. The van der Waals surface area contributed by atoms with Gasteiger partial charge in [0.15, 0.2) is 0 Å². The lowest BCUT2D eigenvalue weighted by molar-refractivity contribution is -0.120. The molecule has 2 amide bonds. The predicted octanol–water partition coefficient (Wildman–Crippen LogP) is 5.41. The third-order valence-corrected chi connectivity index (χ3v) is 5.61. The van der Waals surface area contributed by atoms with Crippen molar-refractivity contribution in [1.82, 2.24) is 0 Å². The van der Waals surface area contributed by atoms with E-state index >= 15 is 0 Å². The average molecular weight is 427 g/mol. The summed E-state index contributed by atoms with van der Waals surface area (Å²) in [5, 5.41) is 3.20. The highest BCUT2D eigenvalue weighted by molar-refractivity contribution is 6.46. The molecular formula is C27H26N2O3. The first-order valence-corrected chi connectivity index (χ1v) is 10.7. The molecule has 0 fully saturated rings. The van der Waals surface area contributed by atoms with Crippen LogP contribution in [0, 0.1) is 20.8 Å². The molecule has 3 aromatic rings. The summed E-state index contributed by atoms with van der Waals surface area (Å²) >= 11 is 0. The number of carbonyl (C=O) groups excluding carboxylic acids is 2. The van der Waals surface area contributed by atoms with Crippen molar-refractivity contribution in [2.24, 2.45) is 0 Å². The molecule has 1 aliphatic heterocycles. The van der Waals surface area contributed by atoms with E-state index in [4.69, 9.17) is 4.74 Å². The zero-order chi connectivity index (χ0) is 22.8. The van der Waals surface area contributed by atoms with E-state index in [-0.39, 0.29) is 17.5 Å². The largest absolute Gasteiger partial charge is 0.494 e. The van der Waals surface area contributed by atoms with Gasteiger partial charge in [0, 0.05) is 5.69 Å². The van der Waals surface area contributed by atoms with Crippen LogP contribution in [0.1, 0.15) is 29.2 Å². The summed E-state index contributed by atoms with van der Waals surface area (Å²) < 4.78 is 5.50. The summed E-state index contributed by atoms with van der Waals surface area (Å²) in [7, 11) is 0. The van der Waals surface area contributed by atoms with Crippen LogP contribution in [0.25, 0.3) is 5.57 Å². The van der Waals surface area contributed by atoms with Gasteiger partial charge in [-0.25, -0.2) is 4.90 Å². The minimum absolute atomic E-state index is 0.267. The summed E-state index contributed by atoms with van der Waals surface area (Å²) in [4.78, 5) is 28.2. The number of rotatable bonds is 6. The van der Waals surface area contributed by atoms with Crippen molar-refractivity contribution >= 4 is 28.8 Å². The van der Waals surface area contributed by atoms with Gasteiger partial charge >= 0.3 is 0 Å². The van der Waals surface area contributed by atoms with Crippen molar-refractivity contribution in [3.8, 4) is 5.75 Å². The second-order valence-electron chi connectivity index (χ2n) is 7.91. The van der Waals surface area contributed by atoms with Crippen LogP contribution in [0.3, 0.4) is 0 Å². The second-order valence-corrected chi connectivity index (χ2v) is 7.91. The topological polar surface area (TPSA) is 58.6 Å². The Hall–Kier alpha value is -3.86. The number of ether oxygens (including phenoxy) is 1. The van der Waals surface area contributed by atoms with Crippen LogP contribution in [0.4, 0.5) is 11.4 Å². The van der Waals surface area contributed by atoms with E-state index in [1.165, 1.54) is 4.90 Å². The lowest BCUT2D eigenvalue weighted by atomic mass is 9.99. The van der Waals surface area contributed by atoms with Crippen molar-refractivity contribution in [2.75, 3.05) is 16.8 Å². The molecule has 0 atom stereocenters. The number of hydrogen-bond acceptors (Lipinski definition) is 4. The quantitative estimate of drug-likeness (QED) is 0.536. The molecule has 0 aliphatic carbocycles. The number of amides is 2. The fraction of sp³-hybridized carbons (Fsp3) is 0.185. The molecule has 5 heteroatoms. The number of nitrogens with zero attached hydrogens (tertiary/aromatic N) is 1. The molecule has 0 spiro atoms. The molecule has 162 valence electrons. The predicted molar refractivity (Wildman–Crippen MR) is 128 cm³/mol.